The van der Waals surface area contributed by atoms with Crippen LogP contribution in [0.5, 0.6) is 0 Å². The summed E-state index contributed by atoms with van der Waals surface area (Å²) in [4.78, 5) is 0. The molecule has 0 aromatic carbocycles. The van der Waals surface area contributed by atoms with Crippen molar-refractivity contribution in [2.45, 2.75) is 51.2 Å². The minimum Gasteiger partial charge on any atom is -0.372 e. The number of ether oxygens (including phenoxy) is 1. The summed E-state index contributed by atoms with van der Waals surface area (Å²) >= 11 is 0. The molecule has 1 aliphatic rings. The molecular formula is C9H19NO. The van der Waals surface area contributed by atoms with Crippen LogP contribution >= 0.6 is 0 Å². The Morgan fingerprint density at radius 2 is 2.36 bits per heavy atom. The maximum absolute atomic E-state index is 5.86. The molecule has 1 saturated heterocycles. The van der Waals surface area contributed by atoms with Gasteiger partial charge in [0.15, 0.2) is 0 Å². The Bertz CT molecular complexity index is 127. The Kier molecular flexibility index (Phi) is 2.90. The SMILES string of the molecule is CCC1CCC(C)(CCN)O1. The van der Waals surface area contributed by atoms with Gasteiger partial charge in [0.25, 0.3) is 0 Å². The molecule has 0 bridgehead atoms. The van der Waals surface area contributed by atoms with E-state index in [1.165, 1.54) is 12.8 Å². The van der Waals surface area contributed by atoms with Crippen molar-refractivity contribution in [2.24, 2.45) is 5.73 Å². The Hall–Kier alpha value is -0.0800. The Labute approximate surface area is 69.1 Å². The minimum atomic E-state index is 0.0927. The molecule has 0 radical (unpaired) electrons. The summed E-state index contributed by atoms with van der Waals surface area (Å²) in [5, 5.41) is 0. The maximum atomic E-state index is 5.86. The monoisotopic (exact) mass is 157 g/mol. The van der Waals surface area contributed by atoms with Crippen molar-refractivity contribution >= 4 is 0 Å². The predicted molar refractivity (Wildman–Crippen MR) is 46.5 cm³/mol. The van der Waals surface area contributed by atoms with Gasteiger partial charge in [0.2, 0.25) is 0 Å². The van der Waals surface area contributed by atoms with E-state index in [2.05, 4.69) is 13.8 Å². The quantitative estimate of drug-likeness (QED) is 0.676. The van der Waals surface area contributed by atoms with Gasteiger partial charge in [-0.2, -0.15) is 0 Å². The molecule has 11 heavy (non-hydrogen) atoms. The van der Waals surface area contributed by atoms with E-state index in [9.17, 15) is 0 Å². The average Bonchev–Trinajstić information content (AvgIpc) is 2.33. The van der Waals surface area contributed by atoms with Gasteiger partial charge in [-0.3, -0.25) is 0 Å². The number of hydrogen-bond donors (Lipinski definition) is 1. The minimum absolute atomic E-state index is 0.0927. The van der Waals surface area contributed by atoms with Gasteiger partial charge in [-0.15, -0.1) is 0 Å². The third kappa shape index (κ3) is 2.17. The fraction of sp³-hybridized carbons (Fsp3) is 1.00. The van der Waals surface area contributed by atoms with E-state index in [0.717, 1.165) is 19.4 Å². The van der Waals surface area contributed by atoms with E-state index in [-0.39, 0.29) is 5.60 Å². The van der Waals surface area contributed by atoms with E-state index in [1.54, 1.807) is 0 Å². The molecule has 2 atom stereocenters. The van der Waals surface area contributed by atoms with Crippen molar-refractivity contribution < 1.29 is 4.74 Å². The van der Waals surface area contributed by atoms with Gasteiger partial charge in [-0.25, -0.2) is 0 Å². The molecule has 1 fully saturated rings. The van der Waals surface area contributed by atoms with Gasteiger partial charge in [0.05, 0.1) is 11.7 Å². The van der Waals surface area contributed by atoms with Gasteiger partial charge >= 0.3 is 0 Å². The summed E-state index contributed by atoms with van der Waals surface area (Å²) in [5.41, 5.74) is 5.59. The zero-order valence-corrected chi connectivity index (χ0v) is 7.60. The molecule has 2 unspecified atom stereocenters. The first-order valence-corrected chi connectivity index (χ1v) is 4.58. The van der Waals surface area contributed by atoms with Crippen molar-refractivity contribution in [2.75, 3.05) is 6.54 Å². The van der Waals surface area contributed by atoms with Crippen molar-refractivity contribution in [3.63, 3.8) is 0 Å². The molecule has 0 saturated carbocycles. The zero-order valence-electron chi connectivity index (χ0n) is 7.60. The Morgan fingerprint density at radius 3 is 2.82 bits per heavy atom. The van der Waals surface area contributed by atoms with E-state index in [4.69, 9.17) is 10.5 Å². The Balaban J connectivity index is 2.37. The Morgan fingerprint density at radius 1 is 1.64 bits per heavy atom. The predicted octanol–water partition coefficient (Wildman–Crippen LogP) is 1.68. The van der Waals surface area contributed by atoms with E-state index in [0.29, 0.717) is 6.10 Å². The molecule has 1 aliphatic heterocycles. The van der Waals surface area contributed by atoms with Crippen molar-refractivity contribution in [1.82, 2.24) is 0 Å². The average molecular weight is 157 g/mol. The standard InChI is InChI=1S/C9H19NO/c1-3-8-4-5-9(2,11-8)6-7-10/h8H,3-7,10H2,1-2H3. The molecule has 1 heterocycles. The van der Waals surface area contributed by atoms with Crippen LogP contribution in [0.25, 0.3) is 0 Å². The van der Waals surface area contributed by atoms with Gasteiger partial charge in [0, 0.05) is 0 Å². The molecule has 66 valence electrons. The highest BCUT2D eigenvalue weighted by atomic mass is 16.5. The number of hydrogen-bond acceptors (Lipinski definition) is 2. The van der Waals surface area contributed by atoms with Crippen LogP contribution in [0, 0.1) is 0 Å². The van der Waals surface area contributed by atoms with Crippen LogP contribution in [0.2, 0.25) is 0 Å². The van der Waals surface area contributed by atoms with E-state index >= 15 is 0 Å². The van der Waals surface area contributed by atoms with Gasteiger partial charge in [-0.05, 0) is 39.2 Å². The van der Waals surface area contributed by atoms with Crippen molar-refractivity contribution in [1.29, 1.82) is 0 Å². The lowest BCUT2D eigenvalue weighted by Gasteiger charge is -2.23. The van der Waals surface area contributed by atoms with Crippen LogP contribution in [0.15, 0.2) is 0 Å². The van der Waals surface area contributed by atoms with E-state index < -0.39 is 0 Å². The molecule has 0 aliphatic carbocycles. The lowest BCUT2D eigenvalue weighted by molar-refractivity contribution is -0.0328. The molecule has 0 spiro atoms. The molecule has 0 aromatic rings. The second-order valence-electron chi connectivity index (χ2n) is 3.68. The van der Waals surface area contributed by atoms with Gasteiger partial charge in [0.1, 0.15) is 0 Å². The lowest BCUT2D eigenvalue weighted by atomic mass is 9.98. The second kappa shape index (κ2) is 3.55. The van der Waals surface area contributed by atoms with Crippen LogP contribution in [-0.4, -0.2) is 18.2 Å². The van der Waals surface area contributed by atoms with Crippen molar-refractivity contribution in [3.8, 4) is 0 Å². The zero-order chi connectivity index (χ0) is 8.32. The smallest absolute Gasteiger partial charge is 0.0671 e. The summed E-state index contributed by atoms with van der Waals surface area (Å²) in [6.07, 6.45) is 5.03. The van der Waals surface area contributed by atoms with Crippen LogP contribution < -0.4 is 5.73 Å². The summed E-state index contributed by atoms with van der Waals surface area (Å²) in [5.74, 6) is 0. The molecule has 2 nitrogen and oxygen atoms in total. The third-order valence-corrected chi connectivity index (χ3v) is 2.57. The van der Waals surface area contributed by atoms with Crippen LogP contribution in [0.3, 0.4) is 0 Å². The summed E-state index contributed by atoms with van der Waals surface area (Å²) < 4.78 is 5.86. The van der Waals surface area contributed by atoms with Gasteiger partial charge in [-0.1, -0.05) is 6.92 Å². The first-order chi connectivity index (χ1) is 5.20. The van der Waals surface area contributed by atoms with Crippen LogP contribution in [0.4, 0.5) is 0 Å². The fourth-order valence-electron chi connectivity index (χ4n) is 1.76. The highest BCUT2D eigenvalue weighted by Gasteiger charge is 2.33. The highest BCUT2D eigenvalue weighted by molar-refractivity contribution is 4.84. The number of rotatable bonds is 3. The number of nitrogens with two attached hydrogens (primary N) is 1. The lowest BCUT2D eigenvalue weighted by Crippen LogP contribution is -2.28. The third-order valence-electron chi connectivity index (χ3n) is 2.57. The molecule has 2 N–H and O–H groups in total. The van der Waals surface area contributed by atoms with Crippen LogP contribution in [-0.2, 0) is 4.74 Å². The largest absolute Gasteiger partial charge is 0.372 e. The first kappa shape index (κ1) is 9.01. The molecule has 0 amide bonds. The molecule has 0 aromatic heterocycles. The maximum Gasteiger partial charge on any atom is 0.0671 e. The fourth-order valence-corrected chi connectivity index (χ4v) is 1.76. The van der Waals surface area contributed by atoms with Crippen molar-refractivity contribution in [3.05, 3.63) is 0 Å². The summed E-state index contributed by atoms with van der Waals surface area (Å²) in [6.45, 7) is 5.10. The highest BCUT2D eigenvalue weighted by Crippen LogP contribution is 2.33. The van der Waals surface area contributed by atoms with Gasteiger partial charge < -0.3 is 10.5 Å². The molecular weight excluding hydrogens is 138 g/mol. The summed E-state index contributed by atoms with van der Waals surface area (Å²) in [6, 6.07) is 0. The van der Waals surface area contributed by atoms with Crippen LogP contribution in [0.1, 0.15) is 39.5 Å². The summed E-state index contributed by atoms with van der Waals surface area (Å²) in [7, 11) is 0. The van der Waals surface area contributed by atoms with E-state index in [1.807, 2.05) is 0 Å². The second-order valence-corrected chi connectivity index (χ2v) is 3.68. The normalized spacial score (nSPS) is 37.9. The topological polar surface area (TPSA) is 35.2 Å². The molecule has 1 rings (SSSR count). The first-order valence-electron chi connectivity index (χ1n) is 4.58. The molecule has 2 heteroatoms.